The van der Waals surface area contributed by atoms with Crippen molar-refractivity contribution in [2.45, 2.75) is 65.9 Å². The Balaban J connectivity index is 2.64. The van der Waals surface area contributed by atoms with Gasteiger partial charge in [0.15, 0.2) is 0 Å². The van der Waals surface area contributed by atoms with Crippen molar-refractivity contribution in [3.05, 3.63) is 0 Å². The summed E-state index contributed by atoms with van der Waals surface area (Å²) in [6.45, 7) is 8.98. The van der Waals surface area contributed by atoms with Gasteiger partial charge in [0.2, 0.25) is 0 Å². The minimum atomic E-state index is -0.0730. The Labute approximate surface area is 88.9 Å². The number of aliphatic hydroxyl groups is 1. The Hall–Kier alpha value is -0.0400. The third-order valence-corrected chi connectivity index (χ3v) is 4.38. The molecule has 0 aliphatic heterocycles. The van der Waals surface area contributed by atoms with Crippen LogP contribution in [0.15, 0.2) is 0 Å². The molecule has 1 aliphatic carbocycles. The van der Waals surface area contributed by atoms with Crippen molar-refractivity contribution in [2.75, 3.05) is 0 Å². The van der Waals surface area contributed by atoms with Crippen LogP contribution in [-0.2, 0) is 0 Å². The lowest BCUT2D eigenvalue weighted by Gasteiger charge is -2.45. The molecular weight excluding hydrogens is 172 g/mol. The molecule has 1 fully saturated rings. The molecule has 84 valence electrons. The number of hydrogen-bond acceptors (Lipinski definition) is 1. The van der Waals surface area contributed by atoms with Gasteiger partial charge in [0.1, 0.15) is 0 Å². The van der Waals surface area contributed by atoms with E-state index in [9.17, 15) is 5.11 Å². The minimum absolute atomic E-state index is 0.0730. The van der Waals surface area contributed by atoms with E-state index in [4.69, 9.17) is 0 Å². The number of rotatable bonds is 5. The normalized spacial score (nSPS) is 24.4. The molecule has 0 spiro atoms. The lowest BCUT2D eigenvalue weighted by molar-refractivity contribution is -0.0645. The van der Waals surface area contributed by atoms with E-state index in [2.05, 4.69) is 27.7 Å². The molecule has 0 bridgehead atoms. The van der Waals surface area contributed by atoms with Gasteiger partial charge in [-0.25, -0.2) is 0 Å². The highest BCUT2D eigenvalue weighted by molar-refractivity contribution is 4.91. The van der Waals surface area contributed by atoms with Crippen LogP contribution in [0.25, 0.3) is 0 Å². The van der Waals surface area contributed by atoms with Crippen LogP contribution in [0.2, 0.25) is 0 Å². The van der Waals surface area contributed by atoms with Crippen LogP contribution in [0.3, 0.4) is 0 Å². The number of hydrogen-bond donors (Lipinski definition) is 1. The molecule has 0 heterocycles. The van der Waals surface area contributed by atoms with Gasteiger partial charge in [0.05, 0.1) is 6.10 Å². The van der Waals surface area contributed by atoms with Crippen molar-refractivity contribution < 1.29 is 5.11 Å². The molecule has 0 aromatic heterocycles. The fraction of sp³-hybridized carbons (Fsp3) is 1.00. The molecule has 1 saturated carbocycles. The largest absolute Gasteiger partial charge is 0.392 e. The van der Waals surface area contributed by atoms with Crippen LogP contribution in [0.1, 0.15) is 59.8 Å². The SMILES string of the molecule is CCCC(C)(C(C)C)C(O)C1CCC1. The van der Waals surface area contributed by atoms with Crippen LogP contribution in [-0.4, -0.2) is 11.2 Å². The predicted octanol–water partition coefficient (Wildman–Crippen LogP) is 3.61. The topological polar surface area (TPSA) is 20.2 Å². The van der Waals surface area contributed by atoms with E-state index in [1.54, 1.807) is 0 Å². The van der Waals surface area contributed by atoms with Crippen LogP contribution < -0.4 is 0 Å². The summed E-state index contributed by atoms with van der Waals surface area (Å²) in [6, 6.07) is 0. The highest BCUT2D eigenvalue weighted by Gasteiger charge is 2.41. The molecule has 0 saturated heterocycles. The van der Waals surface area contributed by atoms with Gasteiger partial charge >= 0.3 is 0 Å². The quantitative estimate of drug-likeness (QED) is 0.715. The van der Waals surface area contributed by atoms with Crippen LogP contribution in [0, 0.1) is 17.3 Å². The van der Waals surface area contributed by atoms with Gasteiger partial charge in [-0.2, -0.15) is 0 Å². The van der Waals surface area contributed by atoms with Crippen molar-refractivity contribution in [1.29, 1.82) is 0 Å². The highest BCUT2D eigenvalue weighted by Crippen LogP contribution is 2.44. The maximum absolute atomic E-state index is 10.4. The average Bonchev–Trinajstić information content (AvgIpc) is 2.00. The van der Waals surface area contributed by atoms with Gasteiger partial charge < -0.3 is 5.11 Å². The lowest BCUT2D eigenvalue weighted by atomic mass is 9.63. The fourth-order valence-corrected chi connectivity index (χ4v) is 2.61. The summed E-state index contributed by atoms with van der Waals surface area (Å²) >= 11 is 0. The second kappa shape index (κ2) is 4.65. The third-order valence-electron chi connectivity index (χ3n) is 4.38. The summed E-state index contributed by atoms with van der Waals surface area (Å²) in [6.07, 6.45) is 6.07. The standard InChI is InChI=1S/C13H26O/c1-5-9-13(4,10(2)3)12(14)11-7-6-8-11/h10-12,14H,5-9H2,1-4H3. The first-order valence-corrected chi connectivity index (χ1v) is 6.20. The molecule has 2 atom stereocenters. The van der Waals surface area contributed by atoms with Crippen molar-refractivity contribution >= 4 is 0 Å². The predicted molar refractivity (Wildman–Crippen MR) is 61.2 cm³/mol. The van der Waals surface area contributed by atoms with Crippen LogP contribution in [0.4, 0.5) is 0 Å². The molecule has 1 heteroatoms. The third kappa shape index (κ3) is 2.13. The van der Waals surface area contributed by atoms with Gasteiger partial charge in [-0.15, -0.1) is 0 Å². The summed E-state index contributed by atoms with van der Waals surface area (Å²) in [5, 5.41) is 10.4. The Morgan fingerprint density at radius 2 is 1.93 bits per heavy atom. The molecule has 1 nitrogen and oxygen atoms in total. The molecule has 1 N–H and O–H groups in total. The Bertz CT molecular complexity index is 172. The summed E-state index contributed by atoms with van der Waals surface area (Å²) in [4.78, 5) is 0. The van der Waals surface area contributed by atoms with E-state index in [-0.39, 0.29) is 11.5 Å². The van der Waals surface area contributed by atoms with E-state index in [1.807, 2.05) is 0 Å². The first kappa shape index (κ1) is 12.0. The van der Waals surface area contributed by atoms with Crippen molar-refractivity contribution in [3.8, 4) is 0 Å². The summed E-state index contributed by atoms with van der Waals surface area (Å²) in [5.74, 6) is 1.17. The second-order valence-corrected chi connectivity index (χ2v) is 5.55. The lowest BCUT2D eigenvalue weighted by Crippen LogP contribution is -2.44. The van der Waals surface area contributed by atoms with Crippen molar-refractivity contribution in [3.63, 3.8) is 0 Å². The van der Waals surface area contributed by atoms with E-state index >= 15 is 0 Å². The van der Waals surface area contributed by atoms with E-state index < -0.39 is 0 Å². The van der Waals surface area contributed by atoms with E-state index in [0.29, 0.717) is 11.8 Å². The summed E-state index contributed by atoms with van der Waals surface area (Å²) < 4.78 is 0. The molecule has 0 radical (unpaired) electrons. The Morgan fingerprint density at radius 3 is 2.21 bits per heavy atom. The van der Waals surface area contributed by atoms with E-state index in [0.717, 1.165) is 6.42 Å². The molecule has 14 heavy (non-hydrogen) atoms. The second-order valence-electron chi connectivity index (χ2n) is 5.55. The molecule has 1 aliphatic rings. The zero-order chi connectivity index (χ0) is 10.8. The Kier molecular flexibility index (Phi) is 4.00. The maximum atomic E-state index is 10.4. The first-order chi connectivity index (χ1) is 6.52. The molecule has 1 rings (SSSR count). The molecule has 0 aromatic rings. The first-order valence-electron chi connectivity index (χ1n) is 6.20. The van der Waals surface area contributed by atoms with Gasteiger partial charge in [-0.05, 0) is 36.5 Å². The molecule has 2 unspecified atom stereocenters. The Morgan fingerprint density at radius 1 is 1.36 bits per heavy atom. The van der Waals surface area contributed by atoms with Crippen molar-refractivity contribution in [1.82, 2.24) is 0 Å². The minimum Gasteiger partial charge on any atom is -0.392 e. The zero-order valence-electron chi connectivity index (χ0n) is 10.2. The summed E-state index contributed by atoms with van der Waals surface area (Å²) in [7, 11) is 0. The van der Waals surface area contributed by atoms with Gasteiger partial charge in [0.25, 0.3) is 0 Å². The number of aliphatic hydroxyl groups excluding tert-OH is 1. The molecule has 0 amide bonds. The average molecular weight is 198 g/mol. The van der Waals surface area contributed by atoms with Gasteiger partial charge in [-0.1, -0.05) is 40.5 Å². The smallest absolute Gasteiger partial charge is 0.0624 e. The van der Waals surface area contributed by atoms with Crippen molar-refractivity contribution in [2.24, 2.45) is 17.3 Å². The van der Waals surface area contributed by atoms with Crippen LogP contribution >= 0.6 is 0 Å². The molecule has 0 aromatic carbocycles. The monoisotopic (exact) mass is 198 g/mol. The van der Waals surface area contributed by atoms with E-state index in [1.165, 1.54) is 25.7 Å². The zero-order valence-corrected chi connectivity index (χ0v) is 10.2. The van der Waals surface area contributed by atoms with Crippen LogP contribution in [0.5, 0.6) is 0 Å². The highest BCUT2D eigenvalue weighted by atomic mass is 16.3. The molecular formula is C13H26O. The maximum Gasteiger partial charge on any atom is 0.0624 e. The summed E-state index contributed by atoms with van der Waals surface area (Å²) in [5.41, 5.74) is 0.139. The van der Waals surface area contributed by atoms with Gasteiger partial charge in [-0.3, -0.25) is 0 Å². The van der Waals surface area contributed by atoms with Gasteiger partial charge in [0, 0.05) is 0 Å². The fourth-order valence-electron chi connectivity index (χ4n) is 2.61.